The molecule has 116 valence electrons. The zero-order valence-corrected chi connectivity index (χ0v) is 13.7. The van der Waals surface area contributed by atoms with Crippen molar-refractivity contribution >= 4 is 11.6 Å². The van der Waals surface area contributed by atoms with Crippen LogP contribution >= 0.6 is 11.6 Å². The van der Waals surface area contributed by atoms with Gasteiger partial charge in [-0.1, -0.05) is 25.4 Å². The molecule has 1 N–H and O–H groups in total. The van der Waals surface area contributed by atoms with Gasteiger partial charge in [-0.15, -0.1) is 0 Å². The molecule has 0 radical (unpaired) electrons. The van der Waals surface area contributed by atoms with Gasteiger partial charge in [-0.25, -0.2) is 4.98 Å². The highest BCUT2D eigenvalue weighted by Crippen LogP contribution is 2.33. The topological polar surface area (TPSA) is 34.1 Å². The molecular formula is C17H25ClN2O. The number of pyridine rings is 1. The minimum absolute atomic E-state index is 0.254. The van der Waals surface area contributed by atoms with E-state index in [9.17, 15) is 0 Å². The predicted molar refractivity (Wildman–Crippen MR) is 85.7 cm³/mol. The van der Waals surface area contributed by atoms with Gasteiger partial charge in [0.2, 0.25) is 5.88 Å². The number of hydrogen-bond donors (Lipinski definition) is 1. The lowest BCUT2D eigenvalue weighted by Crippen LogP contribution is -2.28. The summed E-state index contributed by atoms with van der Waals surface area (Å²) in [5.74, 6) is 2.04. The Labute approximate surface area is 132 Å². The summed E-state index contributed by atoms with van der Waals surface area (Å²) in [6, 6.07) is 2.68. The summed E-state index contributed by atoms with van der Waals surface area (Å²) < 4.78 is 6.06. The molecule has 0 spiro atoms. The van der Waals surface area contributed by atoms with Gasteiger partial charge in [0.15, 0.2) is 0 Å². The van der Waals surface area contributed by atoms with Crippen molar-refractivity contribution in [3.63, 3.8) is 0 Å². The van der Waals surface area contributed by atoms with Crippen molar-refractivity contribution in [3.8, 4) is 5.88 Å². The highest BCUT2D eigenvalue weighted by molar-refractivity contribution is 6.31. The van der Waals surface area contributed by atoms with Crippen LogP contribution in [0.25, 0.3) is 0 Å². The summed E-state index contributed by atoms with van der Waals surface area (Å²) in [6.45, 7) is 5.44. The van der Waals surface area contributed by atoms with E-state index in [1.807, 2.05) is 12.3 Å². The number of nitrogens with zero attached hydrogens (tertiary/aromatic N) is 1. The molecule has 2 unspecified atom stereocenters. The second kappa shape index (κ2) is 6.53. The zero-order chi connectivity index (χ0) is 14.8. The molecular weight excluding hydrogens is 284 g/mol. The molecule has 0 amide bonds. The quantitative estimate of drug-likeness (QED) is 0.885. The summed E-state index contributed by atoms with van der Waals surface area (Å²) in [7, 11) is 0. The third-order valence-electron chi connectivity index (χ3n) is 4.45. The van der Waals surface area contributed by atoms with E-state index in [4.69, 9.17) is 16.3 Å². The number of rotatable bonds is 5. The van der Waals surface area contributed by atoms with E-state index < -0.39 is 0 Å². The second-order valence-electron chi connectivity index (χ2n) is 6.94. The highest BCUT2D eigenvalue weighted by Gasteiger charge is 2.26. The Hall–Kier alpha value is -0.800. The third kappa shape index (κ3) is 4.33. The molecule has 1 aromatic rings. The maximum Gasteiger partial charge on any atom is 0.232 e. The zero-order valence-electron chi connectivity index (χ0n) is 12.9. The fraction of sp³-hybridized carbons (Fsp3) is 0.706. The standard InChI is InChI=1S/C17H25ClN2O/c1-11-5-12(2)7-15(6-11)21-17-16(18)8-13(10-20-17)9-19-14-3-4-14/h8,10-12,14-15,19H,3-7,9H2,1-2H3. The Balaban J connectivity index is 1.59. The number of aromatic nitrogens is 1. The van der Waals surface area contributed by atoms with Crippen LogP contribution in [0.4, 0.5) is 0 Å². The molecule has 2 atom stereocenters. The van der Waals surface area contributed by atoms with E-state index in [2.05, 4.69) is 24.1 Å². The van der Waals surface area contributed by atoms with Crippen molar-refractivity contribution in [1.29, 1.82) is 0 Å². The van der Waals surface area contributed by atoms with E-state index in [-0.39, 0.29) is 6.10 Å². The van der Waals surface area contributed by atoms with Crippen molar-refractivity contribution in [1.82, 2.24) is 10.3 Å². The maximum absolute atomic E-state index is 6.34. The molecule has 0 aromatic carbocycles. The van der Waals surface area contributed by atoms with Crippen LogP contribution in [-0.4, -0.2) is 17.1 Å². The lowest BCUT2D eigenvalue weighted by atomic mass is 9.82. The molecule has 21 heavy (non-hydrogen) atoms. The minimum Gasteiger partial charge on any atom is -0.473 e. The van der Waals surface area contributed by atoms with Crippen molar-refractivity contribution in [2.75, 3.05) is 0 Å². The Morgan fingerprint density at radius 1 is 1.24 bits per heavy atom. The van der Waals surface area contributed by atoms with Crippen LogP contribution in [-0.2, 0) is 6.54 Å². The van der Waals surface area contributed by atoms with Crippen molar-refractivity contribution in [2.45, 2.75) is 64.6 Å². The van der Waals surface area contributed by atoms with Crippen molar-refractivity contribution in [2.24, 2.45) is 11.8 Å². The van der Waals surface area contributed by atoms with E-state index in [1.165, 1.54) is 19.3 Å². The molecule has 4 heteroatoms. The van der Waals surface area contributed by atoms with E-state index >= 15 is 0 Å². The molecule has 3 rings (SSSR count). The molecule has 0 aliphatic heterocycles. The summed E-state index contributed by atoms with van der Waals surface area (Å²) >= 11 is 6.34. The van der Waals surface area contributed by atoms with Crippen LogP contribution in [0, 0.1) is 11.8 Å². The van der Waals surface area contributed by atoms with E-state index in [0.717, 1.165) is 36.8 Å². The Morgan fingerprint density at radius 3 is 2.57 bits per heavy atom. The first-order chi connectivity index (χ1) is 10.1. The number of halogens is 1. The number of nitrogens with one attached hydrogen (secondary N) is 1. The fourth-order valence-electron chi connectivity index (χ4n) is 3.33. The molecule has 3 nitrogen and oxygen atoms in total. The number of hydrogen-bond acceptors (Lipinski definition) is 3. The molecule has 2 aliphatic rings. The van der Waals surface area contributed by atoms with Crippen molar-refractivity contribution in [3.05, 3.63) is 22.8 Å². The SMILES string of the molecule is CC1CC(C)CC(Oc2ncc(CNC3CC3)cc2Cl)C1. The molecule has 0 saturated heterocycles. The second-order valence-corrected chi connectivity index (χ2v) is 7.35. The fourth-order valence-corrected chi connectivity index (χ4v) is 3.56. The first kappa shape index (κ1) is 15.1. The van der Waals surface area contributed by atoms with Crippen LogP contribution in [0.5, 0.6) is 5.88 Å². The summed E-state index contributed by atoms with van der Waals surface area (Å²) in [6.07, 6.45) is 8.23. The average Bonchev–Trinajstić information content (AvgIpc) is 3.22. The summed E-state index contributed by atoms with van der Waals surface area (Å²) in [5, 5.41) is 4.11. The molecule has 0 bridgehead atoms. The lowest BCUT2D eigenvalue weighted by Gasteiger charge is -2.31. The third-order valence-corrected chi connectivity index (χ3v) is 4.72. The van der Waals surface area contributed by atoms with Crippen LogP contribution in [0.2, 0.25) is 5.02 Å². The first-order valence-corrected chi connectivity index (χ1v) is 8.52. The van der Waals surface area contributed by atoms with Gasteiger partial charge in [0.25, 0.3) is 0 Å². The summed E-state index contributed by atoms with van der Waals surface area (Å²) in [4.78, 5) is 4.43. The van der Waals surface area contributed by atoms with Crippen LogP contribution < -0.4 is 10.1 Å². The predicted octanol–water partition coefficient (Wildman–Crippen LogP) is 4.19. The highest BCUT2D eigenvalue weighted by atomic mass is 35.5. The van der Waals surface area contributed by atoms with Crippen LogP contribution in [0.1, 0.15) is 51.5 Å². The molecule has 2 aliphatic carbocycles. The van der Waals surface area contributed by atoms with E-state index in [1.54, 1.807) is 0 Å². The Kier molecular flexibility index (Phi) is 4.70. The maximum atomic E-state index is 6.34. The largest absolute Gasteiger partial charge is 0.473 e. The Morgan fingerprint density at radius 2 is 1.95 bits per heavy atom. The lowest BCUT2D eigenvalue weighted by molar-refractivity contribution is 0.0968. The van der Waals surface area contributed by atoms with Gasteiger partial charge in [0.05, 0.1) is 0 Å². The molecule has 1 heterocycles. The molecule has 2 fully saturated rings. The van der Waals surface area contributed by atoms with Gasteiger partial charge in [0, 0.05) is 18.8 Å². The summed E-state index contributed by atoms with van der Waals surface area (Å²) in [5.41, 5.74) is 1.13. The van der Waals surface area contributed by atoms with E-state index in [0.29, 0.717) is 16.9 Å². The minimum atomic E-state index is 0.254. The van der Waals surface area contributed by atoms with Gasteiger partial charge in [-0.3, -0.25) is 0 Å². The number of ether oxygens (including phenoxy) is 1. The van der Waals surface area contributed by atoms with Gasteiger partial charge >= 0.3 is 0 Å². The van der Waals surface area contributed by atoms with Crippen LogP contribution in [0.3, 0.4) is 0 Å². The molecule has 1 aromatic heterocycles. The normalized spacial score (nSPS) is 29.4. The van der Waals surface area contributed by atoms with Gasteiger partial charge < -0.3 is 10.1 Å². The Bertz CT molecular complexity index is 480. The van der Waals surface area contributed by atoms with Crippen LogP contribution in [0.15, 0.2) is 12.3 Å². The van der Waals surface area contributed by atoms with Gasteiger partial charge in [-0.05, 0) is 55.6 Å². The average molecular weight is 309 g/mol. The molecule has 2 saturated carbocycles. The first-order valence-electron chi connectivity index (χ1n) is 8.14. The monoisotopic (exact) mass is 308 g/mol. The van der Waals surface area contributed by atoms with Crippen molar-refractivity contribution < 1.29 is 4.74 Å². The van der Waals surface area contributed by atoms with Gasteiger partial charge in [0.1, 0.15) is 11.1 Å². The smallest absolute Gasteiger partial charge is 0.232 e. The van der Waals surface area contributed by atoms with Gasteiger partial charge in [-0.2, -0.15) is 0 Å².